The smallest absolute Gasteiger partial charge is 0.257 e. The molecule has 0 aromatic carbocycles. The van der Waals surface area contributed by atoms with Crippen molar-refractivity contribution < 1.29 is 14.3 Å². The molecule has 0 N–H and O–H groups in total. The number of amides is 1. The molecular weight excluding hydrogens is 320 g/mol. The molecule has 1 unspecified atom stereocenters. The van der Waals surface area contributed by atoms with Crippen molar-refractivity contribution >= 4 is 11.7 Å². The molecule has 2 fully saturated rings. The molecule has 25 heavy (non-hydrogen) atoms. The van der Waals surface area contributed by atoms with Crippen molar-refractivity contribution in [2.24, 2.45) is 0 Å². The van der Waals surface area contributed by atoms with Crippen LogP contribution in [-0.4, -0.2) is 71.9 Å². The fourth-order valence-electron chi connectivity index (χ4n) is 3.60. The molecule has 2 aliphatic heterocycles. The highest BCUT2D eigenvalue weighted by atomic mass is 16.6. The Labute approximate surface area is 149 Å². The van der Waals surface area contributed by atoms with Gasteiger partial charge in [0, 0.05) is 44.4 Å². The van der Waals surface area contributed by atoms with Crippen LogP contribution in [0.15, 0.2) is 6.07 Å². The van der Waals surface area contributed by atoms with Gasteiger partial charge in [0.1, 0.15) is 11.6 Å². The SMILES string of the molecule is Cc1cc(N2CCN(C(=O)C3(OC(C)C)CCOC3)CC2)nc(C)n1. The summed E-state index contributed by atoms with van der Waals surface area (Å²) in [6.07, 6.45) is 0.632. The summed E-state index contributed by atoms with van der Waals surface area (Å²) >= 11 is 0. The van der Waals surface area contributed by atoms with Crippen molar-refractivity contribution in [3.8, 4) is 0 Å². The normalized spacial score (nSPS) is 24.2. The topological polar surface area (TPSA) is 67.8 Å². The lowest BCUT2D eigenvalue weighted by atomic mass is 10.00. The van der Waals surface area contributed by atoms with Crippen LogP contribution in [0.3, 0.4) is 0 Å². The average molecular weight is 348 g/mol. The lowest BCUT2D eigenvalue weighted by Gasteiger charge is -2.40. The third-order valence-corrected chi connectivity index (χ3v) is 4.68. The van der Waals surface area contributed by atoms with Gasteiger partial charge in [-0.05, 0) is 27.7 Å². The Bertz CT molecular complexity index is 600. The van der Waals surface area contributed by atoms with E-state index in [4.69, 9.17) is 9.47 Å². The lowest BCUT2D eigenvalue weighted by molar-refractivity contribution is -0.164. The van der Waals surface area contributed by atoms with Gasteiger partial charge in [0.05, 0.1) is 19.3 Å². The Morgan fingerprint density at radius 1 is 1.24 bits per heavy atom. The molecule has 1 aromatic heterocycles. The molecule has 7 nitrogen and oxygen atoms in total. The second-order valence-corrected chi connectivity index (χ2v) is 7.16. The van der Waals surface area contributed by atoms with E-state index in [1.54, 1.807) is 0 Å². The van der Waals surface area contributed by atoms with Crippen LogP contribution in [0.5, 0.6) is 0 Å². The fraction of sp³-hybridized carbons (Fsp3) is 0.722. The molecule has 138 valence electrons. The standard InChI is InChI=1S/C18H28N4O3/c1-13(2)25-18(5-10-24-12-18)17(23)22-8-6-21(7-9-22)16-11-14(3)19-15(4)20-16/h11,13H,5-10,12H2,1-4H3. The first kappa shape index (κ1) is 18.1. The number of aromatic nitrogens is 2. The highest BCUT2D eigenvalue weighted by Gasteiger charge is 2.47. The largest absolute Gasteiger partial charge is 0.378 e. The van der Waals surface area contributed by atoms with E-state index in [2.05, 4.69) is 14.9 Å². The predicted molar refractivity (Wildman–Crippen MR) is 94.7 cm³/mol. The van der Waals surface area contributed by atoms with Gasteiger partial charge in [0.15, 0.2) is 5.60 Å². The Balaban J connectivity index is 1.66. The molecule has 1 amide bonds. The Morgan fingerprint density at radius 2 is 1.96 bits per heavy atom. The Hall–Kier alpha value is -1.73. The van der Waals surface area contributed by atoms with Crippen LogP contribution in [0.25, 0.3) is 0 Å². The third kappa shape index (κ3) is 3.93. The number of hydrogen-bond acceptors (Lipinski definition) is 6. The van der Waals surface area contributed by atoms with E-state index in [0.29, 0.717) is 32.7 Å². The molecule has 3 heterocycles. The molecular formula is C18H28N4O3. The molecule has 3 rings (SSSR count). The zero-order valence-electron chi connectivity index (χ0n) is 15.6. The summed E-state index contributed by atoms with van der Waals surface area (Å²) in [6, 6.07) is 2.00. The van der Waals surface area contributed by atoms with Crippen LogP contribution in [0, 0.1) is 13.8 Å². The quantitative estimate of drug-likeness (QED) is 0.818. The van der Waals surface area contributed by atoms with Crippen molar-refractivity contribution in [1.29, 1.82) is 0 Å². The van der Waals surface area contributed by atoms with Gasteiger partial charge in [0.2, 0.25) is 0 Å². The summed E-state index contributed by atoms with van der Waals surface area (Å²) in [5.74, 6) is 1.78. The molecule has 0 aliphatic carbocycles. The first-order valence-electron chi connectivity index (χ1n) is 9.02. The van der Waals surface area contributed by atoms with Crippen LogP contribution >= 0.6 is 0 Å². The van der Waals surface area contributed by atoms with Crippen LogP contribution in [-0.2, 0) is 14.3 Å². The average Bonchev–Trinajstić information content (AvgIpc) is 3.02. The summed E-state index contributed by atoms with van der Waals surface area (Å²) in [5.41, 5.74) is 0.159. The zero-order valence-corrected chi connectivity index (χ0v) is 15.6. The molecule has 2 saturated heterocycles. The number of carbonyl (C=O) groups excluding carboxylic acids is 1. The van der Waals surface area contributed by atoms with Crippen molar-refractivity contribution in [3.63, 3.8) is 0 Å². The maximum Gasteiger partial charge on any atom is 0.257 e. The number of piperazine rings is 1. The van der Waals surface area contributed by atoms with E-state index in [9.17, 15) is 4.79 Å². The van der Waals surface area contributed by atoms with E-state index in [1.807, 2.05) is 38.7 Å². The van der Waals surface area contributed by atoms with E-state index in [0.717, 1.165) is 30.4 Å². The van der Waals surface area contributed by atoms with Crippen LogP contribution in [0.4, 0.5) is 5.82 Å². The molecule has 0 radical (unpaired) electrons. The second-order valence-electron chi connectivity index (χ2n) is 7.16. The number of rotatable bonds is 4. The summed E-state index contributed by atoms with van der Waals surface area (Å²) in [5, 5.41) is 0. The van der Waals surface area contributed by atoms with Gasteiger partial charge in [-0.2, -0.15) is 0 Å². The predicted octanol–water partition coefficient (Wildman–Crippen LogP) is 1.33. The lowest BCUT2D eigenvalue weighted by Crippen LogP contribution is -2.57. The number of aryl methyl sites for hydroxylation is 2. The van der Waals surface area contributed by atoms with Gasteiger partial charge >= 0.3 is 0 Å². The van der Waals surface area contributed by atoms with Crippen molar-refractivity contribution in [2.45, 2.75) is 45.8 Å². The number of hydrogen-bond donors (Lipinski definition) is 0. The summed E-state index contributed by atoms with van der Waals surface area (Å²) < 4.78 is 11.5. The van der Waals surface area contributed by atoms with Crippen LogP contribution in [0.2, 0.25) is 0 Å². The van der Waals surface area contributed by atoms with Gasteiger partial charge in [-0.25, -0.2) is 9.97 Å². The molecule has 1 aromatic rings. The van der Waals surface area contributed by atoms with Gasteiger partial charge in [0.25, 0.3) is 5.91 Å². The highest BCUT2D eigenvalue weighted by molar-refractivity contribution is 5.86. The van der Waals surface area contributed by atoms with Gasteiger partial charge < -0.3 is 19.3 Å². The van der Waals surface area contributed by atoms with Crippen molar-refractivity contribution in [3.05, 3.63) is 17.6 Å². The minimum absolute atomic E-state index is 0.00101. The number of ether oxygens (including phenoxy) is 2. The van der Waals surface area contributed by atoms with Gasteiger partial charge in [-0.3, -0.25) is 4.79 Å². The monoisotopic (exact) mass is 348 g/mol. The van der Waals surface area contributed by atoms with E-state index in [-0.39, 0.29) is 12.0 Å². The fourth-order valence-corrected chi connectivity index (χ4v) is 3.60. The van der Waals surface area contributed by atoms with E-state index in [1.165, 1.54) is 0 Å². The molecule has 2 aliphatic rings. The first-order valence-corrected chi connectivity index (χ1v) is 9.02. The Morgan fingerprint density at radius 3 is 2.52 bits per heavy atom. The van der Waals surface area contributed by atoms with Gasteiger partial charge in [-0.1, -0.05) is 0 Å². The molecule has 7 heteroatoms. The molecule has 0 saturated carbocycles. The van der Waals surface area contributed by atoms with Crippen LogP contribution < -0.4 is 4.90 Å². The number of carbonyl (C=O) groups is 1. The third-order valence-electron chi connectivity index (χ3n) is 4.68. The molecule has 0 spiro atoms. The summed E-state index contributed by atoms with van der Waals surface area (Å²) in [4.78, 5) is 26.1. The minimum atomic E-state index is -0.807. The summed E-state index contributed by atoms with van der Waals surface area (Å²) in [6.45, 7) is 11.6. The van der Waals surface area contributed by atoms with Crippen molar-refractivity contribution in [1.82, 2.24) is 14.9 Å². The summed E-state index contributed by atoms with van der Waals surface area (Å²) in [7, 11) is 0. The second kappa shape index (κ2) is 7.25. The maximum atomic E-state index is 13.1. The van der Waals surface area contributed by atoms with Crippen LogP contribution in [0.1, 0.15) is 31.8 Å². The first-order chi connectivity index (χ1) is 11.9. The number of anilines is 1. The number of nitrogens with zero attached hydrogens (tertiary/aromatic N) is 4. The highest BCUT2D eigenvalue weighted by Crippen LogP contribution is 2.28. The van der Waals surface area contributed by atoms with E-state index >= 15 is 0 Å². The van der Waals surface area contributed by atoms with Gasteiger partial charge in [-0.15, -0.1) is 0 Å². The minimum Gasteiger partial charge on any atom is -0.378 e. The van der Waals surface area contributed by atoms with Crippen molar-refractivity contribution in [2.75, 3.05) is 44.3 Å². The maximum absolute atomic E-state index is 13.1. The molecule has 1 atom stereocenters. The van der Waals surface area contributed by atoms with E-state index < -0.39 is 5.60 Å². The molecule has 0 bridgehead atoms. The zero-order chi connectivity index (χ0) is 18.0. The Kier molecular flexibility index (Phi) is 5.24.